The molecule has 0 aliphatic carbocycles. The molecule has 1 aliphatic rings. The number of imidazole rings is 1. The molecule has 2 aromatic rings. The highest BCUT2D eigenvalue weighted by Gasteiger charge is 2.19. The average molecular weight is 263 g/mol. The zero-order chi connectivity index (χ0) is 12.4. The number of aromatic nitrogens is 3. The Morgan fingerprint density at radius 3 is 3.22 bits per heavy atom. The highest BCUT2D eigenvalue weighted by molar-refractivity contribution is 7.99. The Morgan fingerprint density at radius 2 is 2.44 bits per heavy atom. The second-order valence-corrected chi connectivity index (χ2v) is 5.84. The monoisotopic (exact) mass is 263 g/mol. The van der Waals surface area contributed by atoms with Crippen LogP contribution in [0.4, 0.5) is 0 Å². The number of aliphatic hydroxyl groups is 1. The lowest BCUT2D eigenvalue weighted by atomic mass is 10.1. The van der Waals surface area contributed by atoms with Gasteiger partial charge in [-0.3, -0.25) is 0 Å². The molecule has 1 unspecified atom stereocenters. The molecule has 3 rings (SSSR count). The lowest BCUT2D eigenvalue weighted by Gasteiger charge is -2.12. The van der Waals surface area contributed by atoms with E-state index in [1.54, 1.807) is 0 Å². The minimum Gasteiger partial charge on any atom is -0.396 e. The summed E-state index contributed by atoms with van der Waals surface area (Å²) in [5.41, 5.74) is 1.89. The topological polar surface area (TPSA) is 50.9 Å². The van der Waals surface area contributed by atoms with Crippen molar-refractivity contribution in [1.82, 2.24) is 14.5 Å². The summed E-state index contributed by atoms with van der Waals surface area (Å²) in [6, 6.07) is 3.90. The van der Waals surface area contributed by atoms with E-state index in [1.165, 1.54) is 17.9 Å². The Bertz CT molecular complexity index is 534. The lowest BCUT2D eigenvalue weighted by Crippen LogP contribution is -2.14. The van der Waals surface area contributed by atoms with Crippen molar-refractivity contribution in [2.45, 2.75) is 19.4 Å². The predicted molar refractivity (Wildman–Crippen MR) is 73.7 cm³/mol. The fourth-order valence-corrected chi connectivity index (χ4v) is 3.75. The van der Waals surface area contributed by atoms with E-state index in [1.807, 2.05) is 30.1 Å². The maximum Gasteiger partial charge on any atom is 0.159 e. The quantitative estimate of drug-likeness (QED) is 0.912. The second-order valence-electron chi connectivity index (χ2n) is 4.69. The van der Waals surface area contributed by atoms with Crippen LogP contribution >= 0.6 is 11.8 Å². The first-order chi connectivity index (χ1) is 8.88. The smallest absolute Gasteiger partial charge is 0.159 e. The molecule has 18 heavy (non-hydrogen) atoms. The van der Waals surface area contributed by atoms with Gasteiger partial charge in [0.2, 0.25) is 0 Å². The van der Waals surface area contributed by atoms with Crippen molar-refractivity contribution in [2.75, 3.05) is 18.1 Å². The number of rotatable bonds is 4. The van der Waals surface area contributed by atoms with Gasteiger partial charge in [0.05, 0.1) is 6.61 Å². The normalized spacial score (nSPS) is 19.7. The van der Waals surface area contributed by atoms with Crippen LogP contribution in [-0.4, -0.2) is 37.8 Å². The number of thioether (sulfide) groups is 1. The van der Waals surface area contributed by atoms with Crippen LogP contribution in [0.15, 0.2) is 18.3 Å². The minimum absolute atomic E-state index is 0.142. The van der Waals surface area contributed by atoms with Crippen LogP contribution in [0, 0.1) is 5.92 Å². The van der Waals surface area contributed by atoms with E-state index >= 15 is 0 Å². The standard InChI is InChI=1S/C13H17N3OS/c17-6-3-12-15-11-2-1-5-14-13(11)16(12)8-10-4-7-18-9-10/h1-2,5,10,17H,3-4,6-9H2. The molecule has 4 nitrogen and oxygen atoms in total. The zero-order valence-corrected chi connectivity index (χ0v) is 11.1. The molecule has 1 saturated heterocycles. The molecule has 0 radical (unpaired) electrons. The Kier molecular flexibility index (Phi) is 3.52. The molecular formula is C13H17N3OS. The summed E-state index contributed by atoms with van der Waals surface area (Å²) in [5, 5.41) is 9.15. The first-order valence-corrected chi connectivity index (χ1v) is 7.52. The number of pyridine rings is 1. The Balaban J connectivity index is 1.97. The molecule has 0 saturated carbocycles. The largest absolute Gasteiger partial charge is 0.396 e. The van der Waals surface area contributed by atoms with Gasteiger partial charge in [0.25, 0.3) is 0 Å². The van der Waals surface area contributed by atoms with E-state index in [4.69, 9.17) is 5.11 Å². The van der Waals surface area contributed by atoms with Gasteiger partial charge in [-0.25, -0.2) is 9.97 Å². The third-order valence-electron chi connectivity index (χ3n) is 3.38. The van der Waals surface area contributed by atoms with Gasteiger partial charge in [-0.2, -0.15) is 11.8 Å². The Morgan fingerprint density at radius 1 is 1.50 bits per heavy atom. The summed E-state index contributed by atoms with van der Waals surface area (Å²) < 4.78 is 2.20. The van der Waals surface area contributed by atoms with Gasteiger partial charge in [-0.05, 0) is 36.0 Å². The van der Waals surface area contributed by atoms with Crippen LogP contribution < -0.4 is 0 Å². The highest BCUT2D eigenvalue weighted by Crippen LogP contribution is 2.26. The number of hydrogen-bond acceptors (Lipinski definition) is 4. The first-order valence-electron chi connectivity index (χ1n) is 6.37. The molecule has 3 heterocycles. The third-order valence-corrected chi connectivity index (χ3v) is 4.61. The van der Waals surface area contributed by atoms with Crippen molar-refractivity contribution in [3.63, 3.8) is 0 Å². The lowest BCUT2D eigenvalue weighted by molar-refractivity contribution is 0.293. The molecule has 1 atom stereocenters. The van der Waals surface area contributed by atoms with Crippen molar-refractivity contribution in [3.05, 3.63) is 24.2 Å². The summed E-state index contributed by atoms with van der Waals surface area (Å²) in [6.07, 6.45) is 3.69. The molecule has 96 valence electrons. The van der Waals surface area contributed by atoms with Gasteiger partial charge in [0.1, 0.15) is 11.3 Å². The molecule has 1 fully saturated rings. The number of hydrogen-bond donors (Lipinski definition) is 1. The molecule has 0 amide bonds. The second kappa shape index (κ2) is 5.28. The van der Waals surface area contributed by atoms with Gasteiger partial charge < -0.3 is 9.67 Å². The summed E-state index contributed by atoms with van der Waals surface area (Å²) in [5.74, 6) is 4.17. The summed E-state index contributed by atoms with van der Waals surface area (Å²) in [6.45, 7) is 1.12. The van der Waals surface area contributed by atoms with Crippen LogP contribution in [0.2, 0.25) is 0 Å². The zero-order valence-electron chi connectivity index (χ0n) is 10.2. The minimum atomic E-state index is 0.142. The van der Waals surface area contributed by atoms with Crippen molar-refractivity contribution in [2.24, 2.45) is 5.92 Å². The van der Waals surface area contributed by atoms with Crippen molar-refractivity contribution in [1.29, 1.82) is 0 Å². The fraction of sp³-hybridized carbons (Fsp3) is 0.538. The summed E-state index contributed by atoms with van der Waals surface area (Å²) >= 11 is 2.03. The van der Waals surface area contributed by atoms with Gasteiger partial charge in [-0.15, -0.1) is 0 Å². The molecule has 1 N–H and O–H groups in total. The predicted octanol–water partition coefficient (Wildman–Crippen LogP) is 1.72. The third kappa shape index (κ3) is 2.24. The highest BCUT2D eigenvalue weighted by atomic mass is 32.2. The van der Waals surface area contributed by atoms with Gasteiger partial charge in [0, 0.05) is 19.2 Å². The average Bonchev–Trinajstić information content (AvgIpc) is 3.00. The summed E-state index contributed by atoms with van der Waals surface area (Å²) in [7, 11) is 0. The maximum atomic E-state index is 9.15. The number of fused-ring (bicyclic) bond motifs is 1. The Labute approximate surface area is 110 Å². The fourth-order valence-electron chi connectivity index (χ4n) is 2.47. The molecule has 1 aliphatic heterocycles. The summed E-state index contributed by atoms with van der Waals surface area (Å²) in [4.78, 5) is 9.02. The van der Waals surface area contributed by atoms with E-state index in [0.29, 0.717) is 12.3 Å². The number of aliphatic hydroxyl groups excluding tert-OH is 1. The van der Waals surface area contributed by atoms with Crippen molar-refractivity contribution < 1.29 is 5.11 Å². The van der Waals surface area contributed by atoms with Crippen LogP contribution in [-0.2, 0) is 13.0 Å². The SMILES string of the molecule is OCCc1nc2cccnc2n1CC1CCSC1. The van der Waals surface area contributed by atoms with E-state index in [2.05, 4.69) is 14.5 Å². The first kappa shape index (κ1) is 12.0. The Hall–Kier alpha value is -1.07. The van der Waals surface area contributed by atoms with E-state index in [9.17, 15) is 0 Å². The van der Waals surface area contributed by atoms with E-state index in [-0.39, 0.29) is 6.61 Å². The van der Waals surface area contributed by atoms with Crippen LogP contribution in [0.25, 0.3) is 11.2 Å². The van der Waals surface area contributed by atoms with E-state index < -0.39 is 0 Å². The van der Waals surface area contributed by atoms with E-state index in [0.717, 1.165) is 23.5 Å². The number of nitrogens with zero attached hydrogens (tertiary/aromatic N) is 3. The van der Waals surface area contributed by atoms with Crippen molar-refractivity contribution in [3.8, 4) is 0 Å². The molecule has 2 aromatic heterocycles. The molecule has 5 heteroatoms. The molecule has 0 bridgehead atoms. The van der Waals surface area contributed by atoms with Crippen LogP contribution in [0.5, 0.6) is 0 Å². The maximum absolute atomic E-state index is 9.15. The van der Waals surface area contributed by atoms with Crippen LogP contribution in [0.1, 0.15) is 12.2 Å². The van der Waals surface area contributed by atoms with Gasteiger partial charge in [0.15, 0.2) is 5.65 Å². The van der Waals surface area contributed by atoms with Gasteiger partial charge >= 0.3 is 0 Å². The van der Waals surface area contributed by atoms with Crippen molar-refractivity contribution >= 4 is 22.9 Å². The van der Waals surface area contributed by atoms with Crippen LogP contribution in [0.3, 0.4) is 0 Å². The molecule has 0 aromatic carbocycles. The molecule has 0 spiro atoms. The van der Waals surface area contributed by atoms with Gasteiger partial charge in [-0.1, -0.05) is 0 Å². The molecular weight excluding hydrogens is 246 g/mol.